The van der Waals surface area contributed by atoms with Crippen molar-refractivity contribution in [2.24, 2.45) is 0 Å². The van der Waals surface area contributed by atoms with Gasteiger partial charge in [-0.3, -0.25) is 4.79 Å². The molecule has 0 fully saturated rings. The SMILES string of the molecule is CCCCCCCCCCC(C)N(C(=O)C(C)(C)c1nn[nH]n1)c1c(OC)cc(OC)cc1OC. The summed E-state index contributed by atoms with van der Waals surface area (Å²) in [5.41, 5.74) is -0.444. The number of tetrazole rings is 1. The van der Waals surface area contributed by atoms with Crippen LogP contribution in [0, 0.1) is 0 Å². The molecule has 2 rings (SSSR count). The zero-order valence-corrected chi connectivity index (χ0v) is 22.5. The van der Waals surface area contributed by atoms with Crippen molar-refractivity contribution in [3.63, 3.8) is 0 Å². The third-order valence-electron chi connectivity index (χ3n) is 6.50. The number of unbranched alkanes of at least 4 members (excludes halogenated alkanes) is 7. The zero-order chi connectivity index (χ0) is 25.8. The zero-order valence-electron chi connectivity index (χ0n) is 22.5. The maximum absolute atomic E-state index is 14.1. The molecule has 9 heteroatoms. The summed E-state index contributed by atoms with van der Waals surface area (Å²) in [5.74, 6) is 1.76. The molecule has 0 radical (unpaired) electrons. The Hall–Kier alpha value is -2.84. The monoisotopic (exact) mass is 489 g/mol. The van der Waals surface area contributed by atoms with E-state index in [2.05, 4.69) is 34.5 Å². The third-order valence-corrected chi connectivity index (χ3v) is 6.50. The van der Waals surface area contributed by atoms with Crippen LogP contribution in [0.2, 0.25) is 0 Å². The van der Waals surface area contributed by atoms with Crippen LogP contribution in [0.3, 0.4) is 0 Å². The van der Waals surface area contributed by atoms with E-state index in [4.69, 9.17) is 14.2 Å². The summed E-state index contributed by atoms with van der Waals surface area (Å²) in [6.45, 7) is 7.91. The van der Waals surface area contributed by atoms with Gasteiger partial charge in [-0.2, -0.15) is 5.21 Å². The molecule has 1 heterocycles. The van der Waals surface area contributed by atoms with Crippen LogP contribution in [-0.4, -0.2) is 53.9 Å². The van der Waals surface area contributed by atoms with Crippen LogP contribution in [-0.2, 0) is 10.2 Å². The number of rotatable bonds is 16. The summed E-state index contributed by atoms with van der Waals surface area (Å²) < 4.78 is 16.8. The number of nitrogens with one attached hydrogen (secondary N) is 1. The maximum Gasteiger partial charge on any atom is 0.240 e. The number of nitrogens with zero attached hydrogens (tertiary/aromatic N) is 4. The van der Waals surface area contributed by atoms with Crippen molar-refractivity contribution in [2.45, 2.75) is 96.9 Å². The first-order valence-electron chi connectivity index (χ1n) is 12.7. The standard InChI is InChI=1S/C26H43N5O4/c1-8-9-10-11-12-13-14-15-16-19(2)31(25(32)26(3,4)24-27-29-30-28-24)23-21(34-6)17-20(33-5)18-22(23)35-7/h17-19H,8-16H2,1-7H3,(H,27,28,29,30). The maximum atomic E-state index is 14.1. The summed E-state index contributed by atoms with van der Waals surface area (Å²) in [6.07, 6.45) is 10.7. The molecule has 1 N–H and O–H groups in total. The van der Waals surface area contributed by atoms with Gasteiger partial charge in [0.2, 0.25) is 5.91 Å². The molecule has 1 unspecified atom stereocenters. The molecule has 0 aliphatic heterocycles. The van der Waals surface area contributed by atoms with Crippen LogP contribution in [0.25, 0.3) is 0 Å². The summed E-state index contributed by atoms with van der Waals surface area (Å²) in [6, 6.07) is 3.43. The largest absolute Gasteiger partial charge is 0.496 e. The van der Waals surface area contributed by atoms with Gasteiger partial charge in [-0.05, 0) is 27.2 Å². The Bertz CT molecular complexity index is 876. The summed E-state index contributed by atoms with van der Waals surface area (Å²) >= 11 is 0. The van der Waals surface area contributed by atoms with Crippen molar-refractivity contribution in [2.75, 3.05) is 26.2 Å². The smallest absolute Gasteiger partial charge is 0.240 e. The molecule has 0 spiro atoms. The summed E-state index contributed by atoms with van der Waals surface area (Å²) in [4.78, 5) is 15.9. The van der Waals surface area contributed by atoms with Crippen molar-refractivity contribution in [1.82, 2.24) is 20.6 Å². The van der Waals surface area contributed by atoms with E-state index < -0.39 is 5.41 Å². The molecule has 1 atom stereocenters. The minimum absolute atomic E-state index is 0.107. The highest BCUT2D eigenvalue weighted by atomic mass is 16.5. The van der Waals surface area contributed by atoms with E-state index in [1.165, 1.54) is 38.5 Å². The molecule has 0 aliphatic carbocycles. The van der Waals surface area contributed by atoms with E-state index in [-0.39, 0.29) is 11.9 Å². The first-order valence-corrected chi connectivity index (χ1v) is 12.7. The fourth-order valence-corrected chi connectivity index (χ4v) is 4.27. The Morgan fingerprint density at radius 1 is 0.971 bits per heavy atom. The van der Waals surface area contributed by atoms with Gasteiger partial charge in [-0.25, -0.2) is 0 Å². The van der Waals surface area contributed by atoms with Crippen molar-refractivity contribution in [1.29, 1.82) is 0 Å². The molecule has 2 aromatic rings. The number of H-pyrrole nitrogens is 1. The summed E-state index contributed by atoms with van der Waals surface area (Å²) in [5, 5.41) is 14.3. The second kappa shape index (κ2) is 13.9. The van der Waals surface area contributed by atoms with Crippen LogP contribution in [0.15, 0.2) is 12.1 Å². The summed E-state index contributed by atoms with van der Waals surface area (Å²) in [7, 11) is 4.74. The van der Waals surface area contributed by atoms with Gasteiger partial charge >= 0.3 is 0 Å². The normalized spacial score (nSPS) is 12.3. The molecular weight excluding hydrogens is 446 g/mol. The van der Waals surface area contributed by atoms with Crippen molar-refractivity contribution < 1.29 is 19.0 Å². The highest BCUT2D eigenvalue weighted by Gasteiger charge is 2.41. The molecule has 1 amide bonds. The van der Waals surface area contributed by atoms with E-state index in [9.17, 15) is 4.79 Å². The number of carbonyl (C=O) groups excluding carboxylic acids is 1. The van der Waals surface area contributed by atoms with Gasteiger partial charge < -0.3 is 19.1 Å². The number of hydrogen-bond acceptors (Lipinski definition) is 7. The van der Waals surface area contributed by atoms with Crippen LogP contribution < -0.4 is 19.1 Å². The van der Waals surface area contributed by atoms with Crippen LogP contribution >= 0.6 is 0 Å². The molecule has 1 aromatic carbocycles. The Kier molecular flexibility index (Phi) is 11.3. The van der Waals surface area contributed by atoms with E-state index in [1.807, 2.05) is 0 Å². The Balaban J connectivity index is 2.32. The van der Waals surface area contributed by atoms with Gasteiger partial charge in [0.15, 0.2) is 5.82 Å². The third kappa shape index (κ3) is 7.32. The molecule has 1 aromatic heterocycles. The molecule has 0 aliphatic rings. The highest BCUT2D eigenvalue weighted by molar-refractivity contribution is 6.03. The predicted octanol–water partition coefficient (Wildman–Crippen LogP) is 5.46. The molecule has 196 valence electrons. The minimum atomic E-state index is -1.02. The Labute approximate surface area is 209 Å². The number of aromatic amines is 1. The van der Waals surface area contributed by atoms with Crippen molar-refractivity contribution >= 4 is 11.6 Å². The van der Waals surface area contributed by atoms with E-state index in [0.29, 0.717) is 28.8 Å². The number of hydrogen-bond donors (Lipinski definition) is 1. The van der Waals surface area contributed by atoms with E-state index in [0.717, 1.165) is 19.3 Å². The average Bonchev–Trinajstić information content (AvgIpc) is 3.41. The number of amides is 1. The lowest BCUT2D eigenvalue weighted by Gasteiger charge is -2.36. The van der Waals surface area contributed by atoms with Gasteiger partial charge in [0, 0.05) is 18.2 Å². The highest BCUT2D eigenvalue weighted by Crippen LogP contribution is 2.44. The first kappa shape index (κ1) is 28.4. The van der Waals surface area contributed by atoms with Gasteiger partial charge in [0.1, 0.15) is 28.4 Å². The number of ether oxygens (including phenoxy) is 3. The predicted molar refractivity (Wildman–Crippen MR) is 137 cm³/mol. The van der Waals surface area contributed by atoms with Crippen LogP contribution in [0.4, 0.5) is 5.69 Å². The van der Waals surface area contributed by atoms with Crippen LogP contribution in [0.1, 0.15) is 91.3 Å². The van der Waals surface area contributed by atoms with E-state index >= 15 is 0 Å². The van der Waals surface area contributed by atoms with Gasteiger partial charge in [-0.1, -0.05) is 63.5 Å². The van der Waals surface area contributed by atoms with Gasteiger partial charge in [0.25, 0.3) is 0 Å². The number of methoxy groups -OCH3 is 3. The number of anilines is 1. The lowest BCUT2D eigenvalue weighted by Crippen LogP contribution is -2.48. The number of carbonyl (C=O) groups is 1. The lowest BCUT2D eigenvalue weighted by molar-refractivity contribution is -0.123. The fourth-order valence-electron chi connectivity index (χ4n) is 4.27. The van der Waals surface area contributed by atoms with Gasteiger partial charge in [-0.15, -0.1) is 10.2 Å². The second-order valence-electron chi connectivity index (χ2n) is 9.53. The number of benzene rings is 1. The molecule has 0 bridgehead atoms. The van der Waals surface area contributed by atoms with E-state index in [1.54, 1.807) is 52.2 Å². The Morgan fingerprint density at radius 3 is 2.03 bits per heavy atom. The Morgan fingerprint density at radius 2 is 1.54 bits per heavy atom. The topological polar surface area (TPSA) is 102 Å². The lowest BCUT2D eigenvalue weighted by atomic mass is 9.89. The molecule has 9 nitrogen and oxygen atoms in total. The van der Waals surface area contributed by atoms with Gasteiger partial charge in [0.05, 0.1) is 21.3 Å². The fraction of sp³-hybridized carbons (Fsp3) is 0.692. The van der Waals surface area contributed by atoms with Crippen LogP contribution in [0.5, 0.6) is 17.2 Å². The molecular formula is C26H43N5O4. The first-order chi connectivity index (χ1) is 16.8. The number of aromatic nitrogens is 4. The van der Waals surface area contributed by atoms with Crippen molar-refractivity contribution in [3.05, 3.63) is 18.0 Å². The molecule has 0 saturated heterocycles. The quantitative estimate of drug-likeness (QED) is 0.313. The van der Waals surface area contributed by atoms with Crippen molar-refractivity contribution in [3.8, 4) is 17.2 Å². The average molecular weight is 490 g/mol. The molecule has 0 saturated carbocycles. The second-order valence-corrected chi connectivity index (χ2v) is 9.53. The molecule has 35 heavy (non-hydrogen) atoms. The minimum Gasteiger partial charge on any atom is -0.496 e.